The molecule has 2 aromatic rings. The summed E-state index contributed by atoms with van der Waals surface area (Å²) in [5, 5.41) is 11.6. The van der Waals surface area contributed by atoms with Gasteiger partial charge in [-0.2, -0.15) is 0 Å². The Bertz CT molecular complexity index is 1190. The Morgan fingerprint density at radius 3 is 2.41 bits per heavy atom. The molecule has 184 valence electrons. The highest BCUT2D eigenvalue weighted by Crippen LogP contribution is 2.52. The van der Waals surface area contributed by atoms with E-state index in [2.05, 4.69) is 5.32 Å². The predicted molar refractivity (Wildman–Crippen MR) is 123 cm³/mol. The maximum Gasteiger partial charge on any atom is 0.316 e. The number of halogens is 2. The summed E-state index contributed by atoms with van der Waals surface area (Å²) >= 11 is 0. The molecular weight excluding hydrogens is 464 g/mol. The first kappa shape index (κ1) is 24.8. The average Bonchev–Trinajstić information content (AvgIpc) is 2.76. The molecule has 34 heavy (non-hydrogen) atoms. The van der Waals surface area contributed by atoms with Crippen molar-refractivity contribution in [3.05, 3.63) is 70.8 Å². The van der Waals surface area contributed by atoms with Crippen LogP contribution < -0.4 is 5.32 Å². The second kappa shape index (κ2) is 8.70. The monoisotopic (exact) mass is 493 g/mol. The quantitative estimate of drug-likeness (QED) is 0.623. The van der Waals surface area contributed by atoms with Crippen molar-refractivity contribution in [3.63, 3.8) is 0 Å². The van der Waals surface area contributed by atoms with Gasteiger partial charge in [-0.3, -0.25) is 4.79 Å². The molecule has 1 saturated carbocycles. The van der Waals surface area contributed by atoms with E-state index in [1.54, 1.807) is 37.3 Å². The lowest BCUT2D eigenvalue weighted by atomic mass is 9.56. The van der Waals surface area contributed by atoms with Crippen LogP contribution in [0.15, 0.2) is 42.5 Å². The summed E-state index contributed by atoms with van der Waals surface area (Å²) in [4.78, 5) is 12.5. The Morgan fingerprint density at radius 1 is 1.18 bits per heavy atom. The number of ether oxygens (including phenoxy) is 1. The predicted octanol–water partition coefficient (Wildman–Crippen LogP) is 2.98. The van der Waals surface area contributed by atoms with Gasteiger partial charge in [0, 0.05) is 18.2 Å². The second-order valence-corrected chi connectivity index (χ2v) is 12.1. The number of hydrogen-bond acceptors (Lipinski definition) is 6. The lowest BCUT2D eigenvalue weighted by Crippen LogP contribution is -2.58. The molecule has 2 aromatic carbocycles. The van der Waals surface area contributed by atoms with Gasteiger partial charge in [-0.05, 0) is 56.4 Å². The lowest BCUT2D eigenvalue weighted by molar-refractivity contribution is -0.166. The van der Waals surface area contributed by atoms with Crippen molar-refractivity contribution in [2.75, 3.05) is 13.7 Å². The van der Waals surface area contributed by atoms with Crippen molar-refractivity contribution < 1.29 is 31.8 Å². The van der Waals surface area contributed by atoms with Crippen LogP contribution in [0.5, 0.6) is 0 Å². The molecule has 0 spiro atoms. The smallest absolute Gasteiger partial charge is 0.316 e. The van der Waals surface area contributed by atoms with Gasteiger partial charge in [-0.25, -0.2) is 17.2 Å². The average molecular weight is 494 g/mol. The van der Waals surface area contributed by atoms with E-state index in [0.717, 1.165) is 19.2 Å². The molecule has 0 radical (unpaired) electrons. The Morgan fingerprint density at radius 2 is 1.82 bits per heavy atom. The van der Waals surface area contributed by atoms with E-state index in [1.165, 1.54) is 6.92 Å². The van der Waals surface area contributed by atoms with Gasteiger partial charge in [0.25, 0.3) is 0 Å². The summed E-state index contributed by atoms with van der Waals surface area (Å²) in [5.74, 6) is -2.37. The lowest BCUT2D eigenvalue weighted by Gasteiger charge is -2.49. The third kappa shape index (κ3) is 4.14. The number of methoxy groups -OCH3 is 1. The number of rotatable bonds is 5. The van der Waals surface area contributed by atoms with E-state index in [-0.39, 0.29) is 36.9 Å². The van der Waals surface area contributed by atoms with Gasteiger partial charge < -0.3 is 15.2 Å². The fourth-order valence-electron chi connectivity index (χ4n) is 5.52. The van der Waals surface area contributed by atoms with Crippen molar-refractivity contribution in [2.24, 2.45) is 0 Å². The molecule has 1 aliphatic carbocycles. The molecular formula is C25H29F2NO5S. The van der Waals surface area contributed by atoms with Gasteiger partial charge in [0.2, 0.25) is 0 Å². The van der Waals surface area contributed by atoms with E-state index < -0.39 is 55.0 Å². The second-order valence-electron chi connectivity index (χ2n) is 9.78. The van der Waals surface area contributed by atoms with Crippen LogP contribution in [-0.2, 0) is 31.2 Å². The maximum absolute atomic E-state index is 15.3. The molecule has 0 bridgehead atoms. The molecule has 0 amide bonds. The summed E-state index contributed by atoms with van der Waals surface area (Å²) in [6, 6.07) is 10.3. The fourth-order valence-corrected chi connectivity index (χ4v) is 7.88. The van der Waals surface area contributed by atoms with Crippen molar-refractivity contribution in [1.82, 2.24) is 5.32 Å². The molecule has 1 saturated heterocycles. The molecule has 3 atom stereocenters. The van der Waals surface area contributed by atoms with Crippen LogP contribution in [0, 0.1) is 11.6 Å². The summed E-state index contributed by atoms with van der Waals surface area (Å²) in [5.41, 5.74) is -2.30. The standard InChI is InChI=1S/C25H29F2NO5S/c1-15-21(34(31,32)22(12-28-15)16-7-5-4-6-8-16)10-17-9-20(27)18(11-19(17)26)25(23(29)33-3)13-24(2,30)14-25/h4-9,11,15,21-22,28,30H,10,12-14H2,1-3H3/t15-,21?,22-,24?,25?/m0/s1. The highest BCUT2D eigenvalue weighted by Gasteiger charge is 2.59. The van der Waals surface area contributed by atoms with Crippen LogP contribution in [-0.4, -0.2) is 50.0 Å². The van der Waals surface area contributed by atoms with Gasteiger partial charge in [-0.1, -0.05) is 30.3 Å². The maximum atomic E-state index is 15.3. The highest BCUT2D eigenvalue weighted by molar-refractivity contribution is 7.92. The van der Waals surface area contributed by atoms with Crippen LogP contribution in [0.25, 0.3) is 0 Å². The van der Waals surface area contributed by atoms with E-state index in [9.17, 15) is 18.3 Å². The van der Waals surface area contributed by atoms with E-state index in [1.807, 2.05) is 0 Å². The first-order valence-electron chi connectivity index (χ1n) is 11.2. The summed E-state index contributed by atoms with van der Waals surface area (Å²) in [7, 11) is -2.56. The largest absolute Gasteiger partial charge is 0.468 e. The zero-order valence-corrected chi connectivity index (χ0v) is 20.2. The van der Waals surface area contributed by atoms with Crippen molar-refractivity contribution in [2.45, 2.75) is 60.7 Å². The van der Waals surface area contributed by atoms with Gasteiger partial charge in [0.1, 0.15) is 17.0 Å². The van der Waals surface area contributed by atoms with Gasteiger partial charge in [-0.15, -0.1) is 0 Å². The summed E-state index contributed by atoms with van der Waals surface area (Å²) < 4.78 is 62.2. The number of sulfone groups is 1. The van der Waals surface area contributed by atoms with Gasteiger partial charge in [0.15, 0.2) is 9.84 Å². The SMILES string of the molecule is COC(=O)C1(c2cc(F)c(CC3[C@H](C)NC[C@@H](c4ccccc4)S3(=O)=O)cc2F)CC(C)(O)C1. The summed E-state index contributed by atoms with van der Waals surface area (Å²) in [6.45, 7) is 3.47. The molecule has 4 rings (SSSR count). The molecule has 1 heterocycles. The van der Waals surface area contributed by atoms with Gasteiger partial charge >= 0.3 is 5.97 Å². The number of aliphatic hydroxyl groups is 1. The molecule has 2 aliphatic rings. The molecule has 6 nitrogen and oxygen atoms in total. The van der Waals surface area contributed by atoms with E-state index in [0.29, 0.717) is 5.56 Å². The Balaban J connectivity index is 1.67. The van der Waals surface area contributed by atoms with Crippen molar-refractivity contribution >= 4 is 15.8 Å². The van der Waals surface area contributed by atoms with E-state index in [4.69, 9.17) is 4.74 Å². The number of carbonyl (C=O) groups is 1. The highest BCUT2D eigenvalue weighted by atomic mass is 32.2. The minimum absolute atomic E-state index is 0.0803. The van der Waals surface area contributed by atoms with Crippen molar-refractivity contribution in [3.8, 4) is 0 Å². The van der Waals surface area contributed by atoms with Crippen LogP contribution in [0.2, 0.25) is 0 Å². The van der Waals surface area contributed by atoms with Crippen molar-refractivity contribution in [1.29, 1.82) is 0 Å². The zero-order chi connectivity index (χ0) is 24.9. The number of esters is 1. The van der Waals surface area contributed by atoms with E-state index >= 15 is 8.78 Å². The van der Waals surface area contributed by atoms with Gasteiger partial charge in [0.05, 0.1) is 23.2 Å². The normalized spacial score (nSPS) is 32.6. The first-order chi connectivity index (χ1) is 15.9. The fraction of sp³-hybridized carbons (Fsp3) is 0.480. The molecule has 2 N–H and O–H groups in total. The number of nitrogens with one attached hydrogen (secondary N) is 1. The third-order valence-electron chi connectivity index (χ3n) is 7.19. The third-order valence-corrected chi connectivity index (χ3v) is 9.84. The number of benzene rings is 2. The summed E-state index contributed by atoms with van der Waals surface area (Å²) in [6.07, 6.45) is -0.413. The number of hydrogen-bond donors (Lipinski definition) is 2. The van der Waals surface area contributed by atoms with Crippen LogP contribution in [0.4, 0.5) is 8.78 Å². The molecule has 1 unspecified atom stereocenters. The Kier molecular flexibility index (Phi) is 6.33. The Labute approximate surface area is 198 Å². The Hall–Kier alpha value is -2.36. The minimum Gasteiger partial charge on any atom is -0.468 e. The molecule has 2 fully saturated rings. The molecule has 1 aliphatic heterocycles. The van der Waals surface area contributed by atoms with Crippen LogP contribution >= 0.6 is 0 Å². The first-order valence-corrected chi connectivity index (χ1v) is 12.8. The number of carbonyl (C=O) groups excluding carboxylic acids is 1. The van der Waals surface area contributed by atoms with Crippen LogP contribution in [0.3, 0.4) is 0 Å². The topological polar surface area (TPSA) is 92.7 Å². The van der Waals surface area contributed by atoms with Crippen LogP contribution in [0.1, 0.15) is 48.6 Å². The zero-order valence-electron chi connectivity index (χ0n) is 19.3. The molecule has 0 aromatic heterocycles. The molecule has 9 heteroatoms. The minimum atomic E-state index is -3.72.